The maximum Gasteiger partial charge on any atom is 0.490 e. The number of carboxylic acid groups (broad SMARTS) is 1. The van der Waals surface area contributed by atoms with Crippen molar-refractivity contribution in [1.82, 2.24) is 9.88 Å². The molecule has 1 spiro atoms. The molecule has 31 heavy (non-hydrogen) atoms. The van der Waals surface area contributed by atoms with Gasteiger partial charge in [0.15, 0.2) is 0 Å². The maximum atomic E-state index is 12.9. The number of carbonyl (C=O) groups is 2. The molecule has 1 saturated carbocycles. The van der Waals surface area contributed by atoms with Crippen molar-refractivity contribution in [3.8, 4) is 5.88 Å². The summed E-state index contributed by atoms with van der Waals surface area (Å²) in [5.74, 6) is -5.52. The van der Waals surface area contributed by atoms with Gasteiger partial charge in [0.1, 0.15) is 11.7 Å². The van der Waals surface area contributed by atoms with E-state index >= 15 is 0 Å². The first kappa shape index (κ1) is 23.2. The number of rotatable bonds is 3. The van der Waals surface area contributed by atoms with Gasteiger partial charge in [0.25, 0.3) is 0 Å². The van der Waals surface area contributed by atoms with Crippen LogP contribution in [0.25, 0.3) is 0 Å². The molecule has 3 aliphatic rings. The number of alkyl halides is 5. The number of aromatic nitrogens is 1. The second-order valence-corrected chi connectivity index (χ2v) is 7.89. The van der Waals surface area contributed by atoms with E-state index in [4.69, 9.17) is 19.4 Å². The van der Waals surface area contributed by atoms with Crippen LogP contribution in [0.5, 0.6) is 5.88 Å². The van der Waals surface area contributed by atoms with Gasteiger partial charge >= 0.3 is 12.1 Å². The lowest BCUT2D eigenvalue weighted by Crippen LogP contribution is -2.69. The number of ether oxygens (including phenoxy) is 2. The summed E-state index contributed by atoms with van der Waals surface area (Å²) in [4.78, 5) is 26.9. The van der Waals surface area contributed by atoms with Crippen molar-refractivity contribution in [3.63, 3.8) is 0 Å². The molecule has 172 valence electrons. The molecule has 2 saturated heterocycles. The van der Waals surface area contributed by atoms with E-state index in [0.29, 0.717) is 32.0 Å². The van der Waals surface area contributed by atoms with Crippen LogP contribution in [-0.2, 0) is 14.3 Å². The zero-order chi connectivity index (χ0) is 22.9. The Labute approximate surface area is 174 Å². The average molecular weight is 452 g/mol. The molecule has 1 aliphatic carbocycles. The van der Waals surface area contributed by atoms with Gasteiger partial charge in [-0.2, -0.15) is 13.2 Å². The minimum Gasteiger partial charge on any atom is -0.475 e. The van der Waals surface area contributed by atoms with E-state index in [1.54, 1.807) is 11.1 Å². The Morgan fingerprint density at radius 3 is 2.35 bits per heavy atom. The Bertz CT molecular complexity index is 791. The smallest absolute Gasteiger partial charge is 0.475 e. The molecule has 7 nitrogen and oxygen atoms in total. The highest BCUT2D eigenvalue weighted by Gasteiger charge is 2.55. The zero-order valence-electron chi connectivity index (χ0n) is 16.3. The molecular formula is C19H21F5N2O5. The van der Waals surface area contributed by atoms with E-state index in [-0.39, 0.29) is 30.5 Å². The summed E-state index contributed by atoms with van der Waals surface area (Å²) in [5.41, 5.74) is -0.389. The van der Waals surface area contributed by atoms with E-state index in [2.05, 4.69) is 4.98 Å². The number of hydrogen-bond acceptors (Lipinski definition) is 5. The Morgan fingerprint density at radius 1 is 1.19 bits per heavy atom. The van der Waals surface area contributed by atoms with Gasteiger partial charge < -0.3 is 19.5 Å². The third-order valence-corrected chi connectivity index (χ3v) is 5.32. The third-order valence-electron chi connectivity index (χ3n) is 5.32. The van der Waals surface area contributed by atoms with Gasteiger partial charge in [0.05, 0.1) is 19.7 Å². The summed E-state index contributed by atoms with van der Waals surface area (Å²) in [5, 5.41) is 7.12. The molecule has 1 N–H and O–H groups in total. The Morgan fingerprint density at radius 2 is 1.84 bits per heavy atom. The molecule has 1 unspecified atom stereocenters. The molecule has 3 heterocycles. The minimum absolute atomic E-state index is 0.000983. The van der Waals surface area contributed by atoms with Crippen LogP contribution in [0.3, 0.4) is 0 Å². The maximum absolute atomic E-state index is 12.9. The van der Waals surface area contributed by atoms with E-state index in [0.717, 1.165) is 6.42 Å². The van der Waals surface area contributed by atoms with Crippen molar-refractivity contribution in [2.24, 2.45) is 5.92 Å². The summed E-state index contributed by atoms with van der Waals surface area (Å²) in [6.07, 6.45) is -2.57. The van der Waals surface area contributed by atoms with Crippen LogP contribution in [0.2, 0.25) is 0 Å². The fourth-order valence-electron chi connectivity index (χ4n) is 3.79. The standard InChI is InChI=1S/C17H20F2N2O3.C2HF3O2/c18-17(19)7-12(8-17)15(22)21-10-16(11-21)9-13(4-6-23-16)24-14-3-1-2-5-20-14;3-2(4,5)1(6)7/h1-3,5,12-13H,4,6-11H2;(H,6,7). The number of carbonyl (C=O) groups excluding carboxylic acids is 1. The van der Waals surface area contributed by atoms with Crippen LogP contribution in [0.4, 0.5) is 22.0 Å². The fourth-order valence-corrected chi connectivity index (χ4v) is 3.79. The molecular weight excluding hydrogens is 431 g/mol. The quantitative estimate of drug-likeness (QED) is 0.710. The zero-order valence-corrected chi connectivity index (χ0v) is 16.3. The van der Waals surface area contributed by atoms with Crippen molar-refractivity contribution < 1.29 is 46.1 Å². The van der Waals surface area contributed by atoms with E-state index in [1.165, 1.54) is 0 Å². The highest BCUT2D eigenvalue weighted by atomic mass is 19.4. The van der Waals surface area contributed by atoms with Gasteiger partial charge in [-0.15, -0.1) is 0 Å². The Balaban J connectivity index is 0.000000339. The molecule has 1 atom stereocenters. The fraction of sp³-hybridized carbons (Fsp3) is 0.632. The molecule has 12 heteroatoms. The summed E-state index contributed by atoms with van der Waals surface area (Å²) in [6, 6.07) is 5.52. The summed E-state index contributed by atoms with van der Waals surface area (Å²) >= 11 is 0. The van der Waals surface area contributed by atoms with Gasteiger partial charge in [-0.3, -0.25) is 4.79 Å². The number of nitrogens with zero attached hydrogens (tertiary/aromatic N) is 2. The van der Waals surface area contributed by atoms with Crippen molar-refractivity contribution in [3.05, 3.63) is 24.4 Å². The predicted octanol–water partition coefficient (Wildman–Crippen LogP) is 2.90. The average Bonchev–Trinajstić information content (AvgIpc) is 2.64. The second-order valence-electron chi connectivity index (χ2n) is 7.89. The van der Waals surface area contributed by atoms with Crippen LogP contribution in [0.15, 0.2) is 24.4 Å². The highest BCUT2D eigenvalue weighted by Crippen LogP contribution is 2.45. The van der Waals surface area contributed by atoms with Crippen LogP contribution < -0.4 is 4.74 Å². The van der Waals surface area contributed by atoms with Crippen LogP contribution >= 0.6 is 0 Å². The van der Waals surface area contributed by atoms with Gasteiger partial charge in [-0.25, -0.2) is 18.6 Å². The van der Waals surface area contributed by atoms with E-state index in [9.17, 15) is 26.7 Å². The van der Waals surface area contributed by atoms with Crippen LogP contribution in [0, 0.1) is 5.92 Å². The molecule has 2 aliphatic heterocycles. The van der Waals surface area contributed by atoms with Crippen molar-refractivity contribution in [1.29, 1.82) is 0 Å². The number of carboxylic acids is 1. The number of pyridine rings is 1. The predicted molar refractivity (Wildman–Crippen MR) is 94.5 cm³/mol. The topological polar surface area (TPSA) is 89.0 Å². The first-order valence-corrected chi connectivity index (χ1v) is 9.58. The van der Waals surface area contributed by atoms with Crippen LogP contribution in [0.1, 0.15) is 25.7 Å². The number of hydrogen-bond donors (Lipinski definition) is 1. The molecule has 0 radical (unpaired) electrons. The largest absolute Gasteiger partial charge is 0.490 e. The number of likely N-dealkylation sites (tertiary alicyclic amines) is 1. The first-order valence-electron chi connectivity index (χ1n) is 9.58. The van der Waals surface area contributed by atoms with Crippen LogP contribution in [-0.4, -0.2) is 70.4 Å². The highest BCUT2D eigenvalue weighted by molar-refractivity contribution is 5.81. The third kappa shape index (κ3) is 5.81. The SMILES string of the molecule is O=C(C1CC(F)(F)C1)N1CC2(CC(Oc3ccccn3)CCO2)C1.O=C(O)C(F)(F)F. The van der Waals surface area contributed by atoms with Crippen molar-refractivity contribution in [2.75, 3.05) is 19.7 Å². The molecule has 1 aromatic rings. The lowest BCUT2D eigenvalue weighted by atomic mass is 9.77. The van der Waals surface area contributed by atoms with Gasteiger partial charge in [-0.1, -0.05) is 6.07 Å². The summed E-state index contributed by atoms with van der Waals surface area (Å²) < 4.78 is 69.4. The lowest BCUT2D eigenvalue weighted by Gasteiger charge is -2.54. The Kier molecular flexibility index (Phi) is 6.40. The van der Waals surface area contributed by atoms with Crippen molar-refractivity contribution >= 4 is 11.9 Å². The first-order chi connectivity index (χ1) is 14.4. The summed E-state index contributed by atoms with van der Waals surface area (Å²) in [7, 11) is 0. The second kappa shape index (κ2) is 8.56. The summed E-state index contributed by atoms with van der Waals surface area (Å²) in [6.45, 7) is 1.51. The molecule has 0 bridgehead atoms. The van der Waals surface area contributed by atoms with Gasteiger partial charge in [-0.05, 0) is 6.07 Å². The monoisotopic (exact) mass is 452 g/mol. The normalized spacial score (nSPS) is 24.3. The lowest BCUT2D eigenvalue weighted by molar-refractivity contribution is -0.204. The molecule has 0 aromatic carbocycles. The van der Waals surface area contributed by atoms with Crippen molar-refractivity contribution in [2.45, 2.75) is 49.5 Å². The number of amides is 1. The van der Waals surface area contributed by atoms with E-state index < -0.39 is 24.0 Å². The Hall–Kier alpha value is -2.50. The number of halogens is 5. The van der Waals surface area contributed by atoms with Gasteiger partial charge in [0.2, 0.25) is 17.7 Å². The minimum atomic E-state index is -5.08. The van der Waals surface area contributed by atoms with Gasteiger partial charge in [0, 0.05) is 43.9 Å². The number of aliphatic carboxylic acids is 1. The van der Waals surface area contributed by atoms with E-state index in [1.807, 2.05) is 18.2 Å². The molecule has 1 aromatic heterocycles. The molecule has 4 rings (SSSR count). The molecule has 3 fully saturated rings. The molecule has 1 amide bonds.